The van der Waals surface area contributed by atoms with Crippen molar-refractivity contribution in [2.45, 2.75) is 13.5 Å². The van der Waals surface area contributed by atoms with Gasteiger partial charge in [-0.3, -0.25) is 4.90 Å². The van der Waals surface area contributed by atoms with Crippen molar-refractivity contribution in [3.8, 4) is 0 Å². The maximum absolute atomic E-state index is 3.56. The molecule has 0 unspecified atom stereocenters. The average Bonchev–Trinajstić information content (AvgIpc) is 2.53. The summed E-state index contributed by atoms with van der Waals surface area (Å²) in [6.45, 7) is 5.39. The van der Waals surface area contributed by atoms with Crippen LogP contribution in [-0.2, 0) is 6.54 Å². The van der Waals surface area contributed by atoms with Gasteiger partial charge in [0.1, 0.15) is 0 Å². The SMILES string of the molecule is Br.CCN(CCBr)Cc1c2ccccc2cc2ccccc12. The lowest BCUT2D eigenvalue weighted by molar-refractivity contribution is 0.301. The van der Waals surface area contributed by atoms with Crippen LogP contribution in [0.1, 0.15) is 12.5 Å². The van der Waals surface area contributed by atoms with E-state index in [1.54, 1.807) is 0 Å². The summed E-state index contributed by atoms with van der Waals surface area (Å²) in [5, 5.41) is 6.44. The van der Waals surface area contributed by atoms with Crippen LogP contribution in [-0.4, -0.2) is 23.3 Å². The van der Waals surface area contributed by atoms with Gasteiger partial charge in [-0.25, -0.2) is 0 Å². The Morgan fingerprint density at radius 2 is 1.45 bits per heavy atom. The van der Waals surface area contributed by atoms with Crippen molar-refractivity contribution in [2.24, 2.45) is 0 Å². The third-order valence-electron chi connectivity index (χ3n) is 4.11. The normalized spacial score (nSPS) is 11.0. The fourth-order valence-electron chi connectivity index (χ4n) is 2.97. The van der Waals surface area contributed by atoms with Crippen LogP contribution in [0.5, 0.6) is 0 Å². The minimum Gasteiger partial charge on any atom is -0.298 e. The fourth-order valence-corrected chi connectivity index (χ4v) is 3.47. The van der Waals surface area contributed by atoms with Crippen LogP contribution in [0.25, 0.3) is 21.5 Å². The molecule has 0 aliphatic carbocycles. The van der Waals surface area contributed by atoms with Crippen LogP contribution in [0, 0.1) is 0 Å². The lowest BCUT2D eigenvalue weighted by atomic mass is 9.96. The Morgan fingerprint density at radius 3 is 1.95 bits per heavy atom. The molecule has 0 fully saturated rings. The summed E-state index contributed by atoms with van der Waals surface area (Å²) in [5.41, 5.74) is 1.45. The molecule has 0 amide bonds. The van der Waals surface area contributed by atoms with Gasteiger partial charge in [0.25, 0.3) is 0 Å². The van der Waals surface area contributed by atoms with Crippen molar-refractivity contribution >= 4 is 54.5 Å². The van der Waals surface area contributed by atoms with Crippen molar-refractivity contribution < 1.29 is 0 Å². The summed E-state index contributed by atoms with van der Waals surface area (Å²) in [5.74, 6) is 0. The van der Waals surface area contributed by atoms with Gasteiger partial charge in [-0.2, -0.15) is 0 Å². The molecule has 0 heterocycles. The highest BCUT2D eigenvalue weighted by Gasteiger charge is 2.10. The Labute approximate surface area is 151 Å². The zero-order valence-corrected chi connectivity index (χ0v) is 16.1. The topological polar surface area (TPSA) is 3.24 Å². The molecule has 116 valence electrons. The summed E-state index contributed by atoms with van der Waals surface area (Å²) < 4.78 is 0. The van der Waals surface area contributed by atoms with Crippen LogP contribution in [0.2, 0.25) is 0 Å². The standard InChI is InChI=1S/C19H20BrN.BrH/c1-2-21(12-11-20)14-19-17-9-5-3-7-15(17)13-16-8-4-6-10-18(16)19;/h3-10,13H,2,11-12,14H2,1H3;1H. The molecule has 0 aliphatic rings. The first-order valence-corrected chi connectivity index (χ1v) is 8.63. The lowest BCUT2D eigenvalue weighted by Crippen LogP contribution is -2.25. The largest absolute Gasteiger partial charge is 0.298 e. The summed E-state index contributed by atoms with van der Waals surface area (Å²) >= 11 is 3.56. The van der Waals surface area contributed by atoms with E-state index in [-0.39, 0.29) is 17.0 Å². The van der Waals surface area contributed by atoms with Crippen LogP contribution >= 0.6 is 32.9 Å². The van der Waals surface area contributed by atoms with Gasteiger partial charge in [0, 0.05) is 18.4 Å². The number of nitrogens with zero attached hydrogens (tertiary/aromatic N) is 1. The molecule has 0 aromatic heterocycles. The van der Waals surface area contributed by atoms with Gasteiger partial charge in [-0.1, -0.05) is 71.4 Å². The van der Waals surface area contributed by atoms with Crippen LogP contribution in [0.15, 0.2) is 54.6 Å². The third kappa shape index (κ3) is 3.53. The molecule has 0 saturated carbocycles. The Bertz CT molecular complexity index is 701. The van der Waals surface area contributed by atoms with Crippen molar-refractivity contribution in [1.82, 2.24) is 4.90 Å². The maximum Gasteiger partial charge on any atom is 0.0246 e. The van der Waals surface area contributed by atoms with Crippen LogP contribution < -0.4 is 0 Å². The van der Waals surface area contributed by atoms with E-state index in [4.69, 9.17) is 0 Å². The van der Waals surface area contributed by atoms with E-state index < -0.39 is 0 Å². The Kier molecular flexibility index (Phi) is 6.42. The molecule has 0 saturated heterocycles. The maximum atomic E-state index is 3.56. The number of hydrogen-bond donors (Lipinski definition) is 0. The number of halogens is 2. The second kappa shape index (κ2) is 8.09. The number of alkyl halides is 1. The predicted octanol–water partition coefficient (Wildman–Crippen LogP) is 5.79. The van der Waals surface area contributed by atoms with E-state index in [0.29, 0.717) is 0 Å². The summed E-state index contributed by atoms with van der Waals surface area (Å²) in [7, 11) is 0. The van der Waals surface area contributed by atoms with E-state index in [9.17, 15) is 0 Å². The second-order valence-corrected chi connectivity index (χ2v) is 6.15. The van der Waals surface area contributed by atoms with E-state index in [1.807, 2.05) is 0 Å². The zero-order valence-electron chi connectivity index (χ0n) is 12.8. The quantitative estimate of drug-likeness (QED) is 0.371. The van der Waals surface area contributed by atoms with E-state index in [2.05, 4.69) is 82.4 Å². The van der Waals surface area contributed by atoms with Gasteiger partial charge in [-0.15, -0.1) is 17.0 Å². The van der Waals surface area contributed by atoms with Gasteiger partial charge in [0.15, 0.2) is 0 Å². The van der Waals surface area contributed by atoms with Crippen molar-refractivity contribution in [2.75, 3.05) is 18.4 Å². The molecule has 0 aliphatic heterocycles. The lowest BCUT2D eigenvalue weighted by Gasteiger charge is -2.21. The molecular formula is C19H21Br2N. The Hall–Kier alpha value is -0.900. The van der Waals surface area contributed by atoms with Crippen molar-refractivity contribution in [3.63, 3.8) is 0 Å². The second-order valence-electron chi connectivity index (χ2n) is 5.36. The fraction of sp³-hybridized carbons (Fsp3) is 0.263. The van der Waals surface area contributed by atoms with E-state index >= 15 is 0 Å². The first-order valence-electron chi connectivity index (χ1n) is 7.51. The predicted molar refractivity (Wildman–Crippen MR) is 107 cm³/mol. The van der Waals surface area contributed by atoms with E-state index in [1.165, 1.54) is 27.1 Å². The molecule has 0 bridgehead atoms. The first kappa shape index (κ1) is 17.5. The Morgan fingerprint density at radius 1 is 0.909 bits per heavy atom. The summed E-state index contributed by atoms with van der Waals surface area (Å²) in [4.78, 5) is 2.49. The number of fused-ring (bicyclic) bond motifs is 2. The van der Waals surface area contributed by atoms with E-state index in [0.717, 1.165) is 25.0 Å². The summed E-state index contributed by atoms with van der Waals surface area (Å²) in [6, 6.07) is 19.8. The molecule has 0 spiro atoms. The number of benzene rings is 3. The molecule has 22 heavy (non-hydrogen) atoms. The molecule has 1 nitrogen and oxygen atoms in total. The molecule has 3 heteroatoms. The average molecular weight is 423 g/mol. The molecule has 3 rings (SSSR count). The zero-order chi connectivity index (χ0) is 14.7. The smallest absolute Gasteiger partial charge is 0.0246 e. The molecule has 0 radical (unpaired) electrons. The van der Waals surface area contributed by atoms with Crippen molar-refractivity contribution in [1.29, 1.82) is 0 Å². The van der Waals surface area contributed by atoms with Crippen molar-refractivity contribution in [3.05, 3.63) is 60.2 Å². The minimum atomic E-state index is 0. The molecule has 3 aromatic carbocycles. The highest BCUT2D eigenvalue weighted by atomic mass is 79.9. The van der Waals surface area contributed by atoms with Gasteiger partial charge >= 0.3 is 0 Å². The number of rotatable bonds is 5. The molecular weight excluding hydrogens is 402 g/mol. The van der Waals surface area contributed by atoms with Gasteiger partial charge < -0.3 is 0 Å². The molecule has 0 N–H and O–H groups in total. The highest BCUT2D eigenvalue weighted by molar-refractivity contribution is 9.09. The highest BCUT2D eigenvalue weighted by Crippen LogP contribution is 2.29. The van der Waals surface area contributed by atoms with Gasteiger partial charge in [0.05, 0.1) is 0 Å². The van der Waals surface area contributed by atoms with Crippen LogP contribution in [0.3, 0.4) is 0 Å². The Balaban J connectivity index is 0.00000176. The third-order valence-corrected chi connectivity index (χ3v) is 4.47. The molecule has 3 aromatic rings. The summed E-state index contributed by atoms with van der Waals surface area (Å²) in [6.07, 6.45) is 0. The first-order chi connectivity index (χ1) is 10.3. The van der Waals surface area contributed by atoms with Crippen LogP contribution in [0.4, 0.5) is 0 Å². The minimum absolute atomic E-state index is 0. The van der Waals surface area contributed by atoms with Gasteiger partial charge in [0.2, 0.25) is 0 Å². The monoisotopic (exact) mass is 421 g/mol. The number of hydrogen-bond acceptors (Lipinski definition) is 1. The molecule has 0 atom stereocenters. The van der Waals surface area contributed by atoms with Gasteiger partial charge in [-0.05, 0) is 39.7 Å².